The van der Waals surface area contributed by atoms with Crippen molar-refractivity contribution in [2.45, 2.75) is 25.5 Å². The zero-order chi connectivity index (χ0) is 14.0. The fourth-order valence-electron chi connectivity index (χ4n) is 1.21. The zero-order valence-electron chi connectivity index (χ0n) is 11.4. The van der Waals surface area contributed by atoms with Crippen LogP contribution >= 0.6 is 0 Å². The number of nitrogens with one attached hydrogen (secondary N) is 2. The van der Waals surface area contributed by atoms with E-state index in [-0.39, 0.29) is 0 Å². The molecule has 6 nitrogen and oxygen atoms in total. The monoisotopic (exact) mass is 272 g/mol. The van der Waals surface area contributed by atoms with Gasteiger partial charge in [-0.1, -0.05) is 0 Å². The van der Waals surface area contributed by atoms with E-state index < -0.39 is 14.6 Å². The molecule has 0 aliphatic rings. The molecule has 7 heteroatoms. The first-order valence-corrected chi connectivity index (χ1v) is 7.52. The molecule has 0 aliphatic heterocycles. The molecule has 0 atom stereocenters. The normalized spacial score (nSPS) is 12.3. The number of aryl methyl sites for hydroxylation is 1. The van der Waals surface area contributed by atoms with Gasteiger partial charge in [-0.3, -0.25) is 0 Å². The van der Waals surface area contributed by atoms with Crippen LogP contribution in [0.1, 0.15) is 19.5 Å². The first-order valence-electron chi connectivity index (χ1n) is 5.62. The molecule has 0 fully saturated rings. The van der Waals surface area contributed by atoms with Crippen LogP contribution in [0.2, 0.25) is 0 Å². The molecule has 0 radical (unpaired) electrons. The van der Waals surface area contributed by atoms with E-state index in [2.05, 4.69) is 20.6 Å². The molecular formula is C11H20N4O2S. The summed E-state index contributed by atoms with van der Waals surface area (Å²) in [5, 5.41) is 5.89. The van der Waals surface area contributed by atoms with E-state index in [4.69, 9.17) is 0 Å². The lowest BCUT2D eigenvalue weighted by molar-refractivity contribution is 0.559. The van der Waals surface area contributed by atoms with Crippen LogP contribution in [-0.2, 0) is 9.84 Å². The summed E-state index contributed by atoms with van der Waals surface area (Å²) >= 11 is 0. The molecule has 2 N–H and O–H groups in total. The van der Waals surface area contributed by atoms with Crippen molar-refractivity contribution in [1.29, 1.82) is 0 Å². The highest BCUT2D eigenvalue weighted by Gasteiger charge is 2.29. The van der Waals surface area contributed by atoms with Crippen molar-refractivity contribution in [3.8, 4) is 0 Å². The molecule has 0 aromatic carbocycles. The number of nitrogens with zero attached hydrogens (tertiary/aromatic N) is 2. The van der Waals surface area contributed by atoms with Crippen LogP contribution in [-0.4, -0.2) is 43.0 Å². The predicted molar refractivity (Wildman–Crippen MR) is 73.7 cm³/mol. The largest absolute Gasteiger partial charge is 0.368 e. The number of hydrogen-bond acceptors (Lipinski definition) is 6. The molecule has 0 saturated heterocycles. The Morgan fingerprint density at radius 1 is 1.33 bits per heavy atom. The Morgan fingerprint density at radius 3 is 2.44 bits per heavy atom. The lowest BCUT2D eigenvalue weighted by Crippen LogP contribution is -2.38. The molecule has 1 aromatic rings. The van der Waals surface area contributed by atoms with Gasteiger partial charge in [-0.15, -0.1) is 0 Å². The van der Waals surface area contributed by atoms with Gasteiger partial charge in [0.1, 0.15) is 5.82 Å². The summed E-state index contributed by atoms with van der Waals surface area (Å²) in [5.41, 5.74) is 0.814. The standard InChI is InChI=1S/C11H20N4O2S/c1-8-6-9(15-10(12-4)14-8)13-7-11(2,3)18(5,16)17/h6H,7H2,1-5H3,(H2,12,13,14,15). The molecule has 1 aromatic heterocycles. The van der Waals surface area contributed by atoms with E-state index in [1.807, 2.05) is 6.92 Å². The van der Waals surface area contributed by atoms with Crippen LogP contribution in [0.25, 0.3) is 0 Å². The number of aromatic nitrogens is 2. The fourth-order valence-corrected chi connectivity index (χ4v) is 1.54. The Kier molecular flexibility index (Phi) is 4.16. The number of sulfone groups is 1. The molecule has 0 amide bonds. The third kappa shape index (κ3) is 3.56. The van der Waals surface area contributed by atoms with Gasteiger partial charge in [0.25, 0.3) is 0 Å². The van der Waals surface area contributed by atoms with Gasteiger partial charge in [-0.25, -0.2) is 13.4 Å². The summed E-state index contributed by atoms with van der Waals surface area (Å²) in [4.78, 5) is 8.37. The summed E-state index contributed by atoms with van der Waals surface area (Å²) < 4.78 is 22.3. The first kappa shape index (κ1) is 14.7. The highest BCUT2D eigenvalue weighted by Crippen LogP contribution is 2.17. The Bertz CT molecular complexity index is 526. The van der Waals surface area contributed by atoms with Crippen LogP contribution in [0.15, 0.2) is 6.07 Å². The summed E-state index contributed by atoms with van der Waals surface area (Å²) in [7, 11) is -1.38. The van der Waals surface area contributed by atoms with Crippen molar-refractivity contribution < 1.29 is 8.42 Å². The minimum absolute atomic E-state index is 0.297. The molecule has 18 heavy (non-hydrogen) atoms. The summed E-state index contributed by atoms with van der Waals surface area (Å²) in [5.74, 6) is 1.12. The molecule has 0 bridgehead atoms. The average molecular weight is 272 g/mol. The van der Waals surface area contributed by atoms with Gasteiger partial charge in [0.2, 0.25) is 5.95 Å². The average Bonchev–Trinajstić information content (AvgIpc) is 2.24. The van der Waals surface area contributed by atoms with Crippen LogP contribution in [0, 0.1) is 6.92 Å². The molecule has 1 heterocycles. The van der Waals surface area contributed by atoms with Crippen molar-refractivity contribution >= 4 is 21.6 Å². The lowest BCUT2D eigenvalue weighted by atomic mass is 10.2. The highest BCUT2D eigenvalue weighted by atomic mass is 32.2. The topological polar surface area (TPSA) is 84.0 Å². The van der Waals surface area contributed by atoms with Crippen molar-refractivity contribution in [2.24, 2.45) is 0 Å². The van der Waals surface area contributed by atoms with Crippen LogP contribution in [0.3, 0.4) is 0 Å². The van der Waals surface area contributed by atoms with Gasteiger partial charge in [0.05, 0.1) is 4.75 Å². The molecule has 0 unspecified atom stereocenters. The van der Waals surface area contributed by atoms with Crippen molar-refractivity contribution in [1.82, 2.24) is 9.97 Å². The van der Waals surface area contributed by atoms with Gasteiger partial charge in [-0.2, -0.15) is 4.98 Å². The summed E-state index contributed by atoms with van der Waals surface area (Å²) in [6, 6.07) is 1.78. The number of hydrogen-bond donors (Lipinski definition) is 2. The minimum atomic E-state index is -3.12. The first-order chi connectivity index (χ1) is 8.15. The third-order valence-electron chi connectivity index (χ3n) is 2.78. The third-order valence-corrected chi connectivity index (χ3v) is 4.93. The Hall–Kier alpha value is -1.37. The van der Waals surface area contributed by atoms with Crippen molar-refractivity contribution in [2.75, 3.05) is 30.5 Å². The Morgan fingerprint density at radius 2 is 1.94 bits per heavy atom. The smallest absolute Gasteiger partial charge is 0.224 e. The molecule has 0 spiro atoms. The van der Waals surface area contributed by atoms with Gasteiger partial charge in [-0.05, 0) is 20.8 Å². The number of anilines is 2. The number of rotatable bonds is 5. The molecule has 0 saturated carbocycles. The van der Waals surface area contributed by atoms with Crippen LogP contribution in [0.4, 0.5) is 11.8 Å². The van der Waals surface area contributed by atoms with Gasteiger partial charge in [0, 0.05) is 31.6 Å². The predicted octanol–water partition coefficient (Wildman–Crippen LogP) is 1.06. The lowest BCUT2D eigenvalue weighted by Gasteiger charge is -2.23. The Balaban J connectivity index is 2.84. The second-order valence-electron chi connectivity index (χ2n) is 4.85. The molecule has 102 valence electrons. The van der Waals surface area contributed by atoms with Crippen LogP contribution < -0.4 is 10.6 Å². The van der Waals surface area contributed by atoms with E-state index >= 15 is 0 Å². The quantitative estimate of drug-likeness (QED) is 0.834. The van der Waals surface area contributed by atoms with E-state index in [0.717, 1.165) is 5.69 Å². The summed E-state index contributed by atoms with van der Waals surface area (Å²) in [6.07, 6.45) is 1.24. The summed E-state index contributed by atoms with van der Waals surface area (Å²) in [6.45, 7) is 5.52. The molecular weight excluding hydrogens is 252 g/mol. The highest BCUT2D eigenvalue weighted by molar-refractivity contribution is 7.92. The van der Waals surface area contributed by atoms with Gasteiger partial charge < -0.3 is 10.6 Å². The maximum Gasteiger partial charge on any atom is 0.224 e. The van der Waals surface area contributed by atoms with Crippen LogP contribution in [0.5, 0.6) is 0 Å². The van der Waals surface area contributed by atoms with Crippen molar-refractivity contribution in [3.05, 3.63) is 11.8 Å². The van der Waals surface area contributed by atoms with E-state index in [1.54, 1.807) is 27.0 Å². The molecule has 1 rings (SSSR count). The van der Waals surface area contributed by atoms with E-state index in [1.165, 1.54) is 6.26 Å². The minimum Gasteiger partial charge on any atom is -0.368 e. The van der Waals surface area contributed by atoms with Crippen molar-refractivity contribution in [3.63, 3.8) is 0 Å². The molecule has 0 aliphatic carbocycles. The zero-order valence-corrected chi connectivity index (χ0v) is 12.2. The van der Waals surface area contributed by atoms with Gasteiger partial charge >= 0.3 is 0 Å². The Labute approximate surface area is 108 Å². The van der Waals surface area contributed by atoms with E-state index in [0.29, 0.717) is 18.3 Å². The van der Waals surface area contributed by atoms with Gasteiger partial charge in [0.15, 0.2) is 9.84 Å². The maximum absolute atomic E-state index is 11.6. The fraction of sp³-hybridized carbons (Fsp3) is 0.636. The van der Waals surface area contributed by atoms with E-state index in [9.17, 15) is 8.42 Å². The second-order valence-corrected chi connectivity index (χ2v) is 7.50. The maximum atomic E-state index is 11.6. The second kappa shape index (κ2) is 5.09. The SMILES string of the molecule is CNc1nc(C)cc(NCC(C)(C)S(C)(=O)=O)n1.